The van der Waals surface area contributed by atoms with Crippen molar-refractivity contribution in [3.63, 3.8) is 0 Å². The summed E-state index contributed by atoms with van der Waals surface area (Å²) in [6, 6.07) is 6.72. The lowest BCUT2D eigenvalue weighted by atomic mass is 9.32. The average molecular weight is 563 g/mol. The molecular formula is C37H54O4. The molecule has 0 spiro atoms. The lowest BCUT2D eigenvalue weighted by Crippen LogP contribution is -2.66. The summed E-state index contributed by atoms with van der Waals surface area (Å²) in [5, 5.41) is 21.3. The number of aromatic hydroxyl groups is 1. The second kappa shape index (κ2) is 9.60. The van der Waals surface area contributed by atoms with Gasteiger partial charge in [-0.05, 0) is 135 Å². The Bertz CT molecular complexity index is 1220. The van der Waals surface area contributed by atoms with Crippen LogP contribution >= 0.6 is 0 Å². The van der Waals surface area contributed by atoms with Crippen LogP contribution < -0.4 is 0 Å². The first-order chi connectivity index (χ1) is 19.2. The van der Waals surface area contributed by atoms with Crippen LogP contribution in [0.25, 0.3) is 0 Å². The molecule has 10 atom stereocenters. The Balaban J connectivity index is 1.32. The number of aliphatic hydroxyl groups excluding tert-OH is 1. The number of aliphatic hydroxyl groups is 1. The number of carbonyl (C=O) groups is 1. The van der Waals surface area contributed by atoms with Gasteiger partial charge in [0.05, 0.1) is 12.7 Å². The Labute approximate surface area is 248 Å². The van der Waals surface area contributed by atoms with Crippen LogP contribution in [0.1, 0.15) is 116 Å². The van der Waals surface area contributed by atoms with E-state index in [0.29, 0.717) is 36.2 Å². The minimum Gasteiger partial charge on any atom is -0.507 e. The van der Waals surface area contributed by atoms with Crippen molar-refractivity contribution in [2.24, 2.45) is 56.7 Å². The standard InChI is InChI=1S/C37H54O4/c1-23(2)24-14-19-37(22-41-32(40)25-10-8-9-11-27(25)38)21-20-35(6)26(31(24)37)12-13-29-34(5)17-16-30(39)33(3,4)28(34)15-18-36(29,35)7/h8-11,24,26,28-31,38-39H,1,12-22H2,2-7H3. The third-order valence-electron chi connectivity index (χ3n) is 14.8. The number of phenolic OH excluding ortho intramolecular Hbond substituents is 1. The molecule has 0 aromatic heterocycles. The molecule has 10 unspecified atom stereocenters. The SMILES string of the molecule is C=C(C)C1CCC2(COC(=O)c3ccccc3O)CCC3(C)C(CCC4C5(C)CCC(O)C(C)(C)C5CCC43C)C12. The average Bonchev–Trinajstić information content (AvgIpc) is 3.31. The van der Waals surface area contributed by atoms with Crippen molar-refractivity contribution in [2.45, 2.75) is 112 Å². The predicted molar refractivity (Wildman–Crippen MR) is 163 cm³/mol. The van der Waals surface area contributed by atoms with Gasteiger partial charge in [-0.1, -0.05) is 58.9 Å². The van der Waals surface area contributed by atoms with Crippen molar-refractivity contribution in [3.8, 4) is 5.75 Å². The predicted octanol–water partition coefficient (Wildman–Crippen LogP) is 8.57. The van der Waals surface area contributed by atoms with Crippen LogP contribution in [0.5, 0.6) is 5.75 Å². The van der Waals surface area contributed by atoms with E-state index in [1.54, 1.807) is 24.3 Å². The molecule has 5 saturated carbocycles. The van der Waals surface area contributed by atoms with Gasteiger partial charge in [0, 0.05) is 5.41 Å². The van der Waals surface area contributed by atoms with E-state index in [0.717, 1.165) is 32.1 Å². The zero-order valence-electron chi connectivity index (χ0n) is 26.5. The van der Waals surface area contributed by atoms with Crippen molar-refractivity contribution in [1.29, 1.82) is 0 Å². The van der Waals surface area contributed by atoms with E-state index in [9.17, 15) is 15.0 Å². The molecule has 6 rings (SSSR count). The van der Waals surface area contributed by atoms with E-state index >= 15 is 0 Å². The van der Waals surface area contributed by atoms with Crippen molar-refractivity contribution in [2.75, 3.05) is 6.61 Å². The zero-order chi connectivity index (χ0) is 29.6. The van der Waals surface area contributed by atoms with Gasteiger partial charge in [-0.3, -0.25) is 0 Å². The number of hydrogen-bond acceptors (Lipinski definition) is 4. The van der Waals surface area contributed by atoms with Gasteiger partial charge in [0.25, 0.3) is 0 Å². The highest BCUT2D eigenvalue weighted by atomic mass is 16.5. The molecule has 0 heterocycles. The number of esters is 1. The fraction of sp³-hybridized carbons (Fsp3) is 0.757. The maximum absolute atomic E-state index is 13.1. The number of rotatable bonds is 4. The number of benzene rings is 1. The molecule has 5 aliphatic carbocycles. The van der Waals surface area contributed by atoms with E-state index in [-0.39, 0.29) is 44.5 Å². The third-order valence-corrected chi connectivity index (χ3v) is 14.8. The van der Waals surface area contributed by atoms with Gasteiger partial charge < -0.3 is 14.9 Å². The zero-order valence-corrected chi connectivity index (χ0v) is 26.5. The fourth-order valence-corrected chi connectivity index (χ4v) is 12.5. The molecule has 4 nitrogen and oxygen atoms in total. The highest BCUT2D eigenvalue weighted by molar-refractivity contribution is 5.92. The number of fused-ring (bicyclic) bond motifs is 7. The summed E-state index contributed by atoms with van der Waals surface area (Å²) < 4.78 is 6.09. The Hall–Kier alpha value is -1.81. The van der Waals surface area contributed by atoms with E-state index in [4.69, 9.17) is 4.74 Å². The lowest BCUT2D eigenvalue weighted by molar-refractivity contribution is -0.249. The minimum atomic E-state index is -0.410. The fourth-order valence-electron chi connectivity index (χ4n) is 12.5. The smallest absolute Gasteiger partial charge is 0.341 e. The second-order valence-corrected chi connectivity index (χ2v) is 16.5. The van der Waals surface area contributed by atoms with Gasteiger partial charge in [0.2, 0.25) is 0 Å². The van der Waals surface area contributed by atoms with E-state index < -0.39 is 5.97 Å². The molecule has 4 heteroatoms. The summed E-state index contributed by atoms with van der Waals surface area (Å²) in [7, 11) is 0. The van der Waals surface area contributed by atoms with Crippen molar-refractivity contribution in [3.05, 3.63) is 42.0 Å². The van der Waals surface area contributed by atoms with E-state index in [1.165, 1.54) is 37.7 Å². The van der Waals surface area contributed by atoms with Crippen LogP contribution in [0.2, 0.25) is 0 Å². The lowest BCUT2D eigenvalue weighted by Gasteiger charge is -2.73. The molecule has 0 bridgehead atoms. The maximum Gasteiger partial charge on any atom is 0.341 e. The van der Waals surface area contributed by atoms with Gasteiger partial charge in [-0.2, -0.15) is 0 Å². The second-order valence-electron chi connectivity index (χ2n) is 16.5. The van der Waals surface area contributed by atoms with Crippen molar-refractivity contribution >= 4 is 5.97 Å². The number of allylic oxidation sites excluding steroid dienone is 1. The molecule has 0 saturated heterocycles. The molecule has 0 aliphatic heterocycles. The largest absolute Gasteiger partial charge is 0.507 e. The van der Waals surface area contributed by atoms with Crippen molar-refractivity contribution < 1.29 is 19.7 Å². The molecule has 2 N–H and O–H groups in total. The molecule has 41 heavy (non-hydrogen) atoms. The number of para-hydroxylation sites is 1. The first-order valence-corrected chi connectivity index (χ1v) is 16.5. The summed E-state index contributed by atoms with van der Waals surface area (Å²) in [5.41, 5.74) is 2.28. The van der Waals surface area contributed by atoms with E-state index in [2.05, 4.69) is 48.1 Å². The molecule has 5 fully saturated rings. The number of phenols is 1. The molecule has 1 aromatic carbocycles. The molecule has 1 aromatic rings. The normalized spacial score (nSPS) is 46.4. The highest BCUT2D eigenvalue weighted by Gasteiger charge is 2.71. The van der Waals surface area contributed by atoms with Gasteiger partial charge in [0.15, 0.2) is 0 Å². The van der Waals surface area contributed by atoms with Gasteiger partial charge in [-0.25, -0.2) is 4.79 Å². The third kappa shape index (κ3) is 3.97. The van der Waals surface area contributed by atoms with Crippen LogP contribution in [-0.4, -0.2) is 28.9 Å². The summed E-state index contributed by atoms with van der Waals surface area (Å²) in [4.78, 5) is 13.1. The topological polar surface area (TPSA) is 66.8 Å². The first-order valence-electron chi connectivity index (χ1n) is 16.5. The first kappa shape index (κ1) is 29.3. The molecule has 5 aliphatic rings. The summed E-state index contributed by atoms with van der Waals surface area (Å²) in [6.45, 7) is 19.7. The Kier molecular flexibility index (Phi) is 6.85. The monoisotopic (exact) mass is 562 g/mol. The van der Waals surface area contributed by atoms with Gasteiger partial charge in [-0.15, -0.1) is 0 Å². The summed E-state index contributed by atoms with van der Waals surface area (Å²) in [6.07, 6.45) is 11.4. The highest BCUT2D eigenvalue weighted by Crippen LogP contribution is 2.77. The van der Waals surface area contributed by atoms with Crippen LogP contribution in [0.3, 0.4) is 0 Å². The number of hydrogen-bond donors (Lipinski definition) is 2. The molecule has 0 radical (unpaired) electrons. The minimum absolute atomic E-state index is 0.0113. The quantitative estimate of drug-likeness (QED) is 0.285. The Morgan fingerprint density at radius 2 is 1.63 bits per heavy atom. The van der Waals surface area contributed by atoms with Gasteiger partial charge >= 0.3 is 5.97 Å². The van der Waals surface area contributed by atoms with E-state index in [1.807, 2.05) is 0 Å². The molecule has 0 amide bonds. The van der Waals surface area contributed by atoms with Crippen LogP contribution in [-0.2, 0) is 4.74 Å². The van der Waals surface area contributed by atoms with Crippen LogP contribution in [0.4, 0.5) is 0 Å². The Morgan fingerprint density at radius 1 is 0.902 bits per heavy atom. The number of ether oxygens (including phenoxy) is 1. The van der Waals surface area contributed by atoms with Crippen LogP contribution in [0, 0.1) is 56.7 Å². The molecular weight excluding hydrogens is 508 g/mol. The molecule has 226 valence electrons. The summed E-state index contributed by atoms with van der Waals surface area (Å²) >= 11 is 0. The summed E-state index contributed by atoms with van der Waals surface area (Å²) in [5.74, 6) is 2.37. The van der Waals surface area contributed by atoms with Crippen LogP contribution in [0.15, 0.2) is 36.4 Å². The number of carbonyl (C=O) groups excluding carboxylic acids is 1. The maximum atomic E-state index is 13.1. The Morgan fingerprint density at radius 3 is 2.34 bits per heavy atom. The van der Waals surface area contributed by atoms with Crippen molar-refractivity contribution in [1.82, 2.24) is 0 Å². The van der Waals surface area contributed by atoms with Gasteiger partial charge in [0.1, 0.15) is 11.3 Å².